The summed E-state index contributed by atoms with van der Waals surface area (Å²) in [6.45, 7) is 4.67. The molecular formula is C60H39N3OS. The van der Waals surface area contributed by atoms with Crippen LogP contribution in [-0.2, 0) is 5.41 Å². The summed E-state index contributed by atoms with van der Waals surface area (Å²) in [6.07, 6.45) is 0. The summed E-state index contributed by atoms with van der Waals surface area (Å²) >= 11 is 1.78. The normalized spacial score (nSPS) is 12.9. The molecule has 0 atom stereocenters. The van der Waals surface area contributed by atoms with Crippen molar-refractivity contribution in [1.29, 1.82) is 0 Å². The number of thiophene rings is 1. The zero-order valence-electron chi connectivity index (χ0n) is 35.7. The quantitative estimate of drug-likeness (QED) is 0.167. The van der Waals surface area contributed by atoms with Crippen LogP contribution in [0.4, 0.5) is 0 Å². The SMILES string of the molecule is CC1(C)c2ccccc2-c2ccc(-c3ccc(-c4ccc5oc6cccc(-c7nc(-c8cccc(-c9ccccc9)c8)nc(-c8cccc9c8sc8ccccc89)n7)c6c5c4)cc3)cc21. The van der Waals surface area contributed by atoms with E-state index in [1.54, 1.807) is 11.3 Å². The Bertz CT molecular complexity index is 3860. The van der Waals surface area contributed by atoms with Gasteiger partial charge in [0.25, 0.3) is 0 Å². The summed E-state index contributed by atoms with van der Waals surface area (Å²) in [5, 5.41) is 4.42. The first-order chi connectivity index (χ1) is 31.9. The number of aromatic nitrogens is 3. The Labute approximate surface area is 380 Å². The molecule has 0 amide bonds. The topological polar surface area (TPSA) is 51.8 Å². The van der Waals surface area contributed by atoms with Crippen LogP contribution >= 0.6 is 11.3 Å². The number of benzene rings is 9. The highest BCUT2D eigenvalue weighted by atomic mass is 32.1. The standard InChI is InChI=1S/C60H39N3OS/c1-60(2)50-22-8-6-17-43(50)44-31-29-41(35-51(44)60)38-27-25-37(26-28-38)40-30-32-52-49(34-40)55-47(20-12-23-53(55)64-52)58-61-57(42-16-10-15-39(33-42)36-13-4-3-5-14-36)62-59(63-58)48-21-11-19-46-45-18-7-9-24-54(45)65-56(46)48/h3-35H,1-2H3. The lowest BCUT2D eigenvalue weighted by Crippen LogP contribution is -2.14. The Hall–Kier alpha value is -7.99. The molecule has 1 aliphatic carbocycles. The van der Waals surface area contributed by atoms with E-state index in [1.807, 2.05) is 18.2 Å². The van der Waals surface area contributed by atoms with Gasteiger partial charge < -0.3 is 4.42 Å². The third-order valence-electron chi connectivity index (χ3n) is 13.4. The first kappa shape index (κ1) is 37.6. The van der Waals surface area contributed by atoms with Gasteiger partial charge in [-0.15, -0.1) is 11.3 Å². The lowest BCUT2D eigenvalue weighted by atomic mass is 9.81. The van der Waals surface area contributed by atoms with E-state index in [-0.39, 0.29) is 5.41 Å². The molecule has 4 nitrogen and oxygen atoms in total. The maximum Gasteiger partial charge on any atom is 0.165 e. The fraction of sp³-hybridized carbons (Fsp3) is 0.0500. The number of hydrogen-bond acceptors (Lipinski definition) is 5. The van der Waals surface area contributed by atoms with Crippen molar-refractivity contribution < 1.29 is 4.42 Å². The van der Waals surface area contributed by atoms with Crippen LogP contribution in [0.25, 0.3) is 121 Å². The predicted octanol–water partition coefficient (Wildman–Crippen LogP) is 16.4. The predicted molar refractivity (Wildman–Crippen MR) is 270 cm³/mol. The summed E-state index contributed by atoms with van der Waals surface area (Å²) in [5.41, 5.74) is 16.7. The van der Waals surface area contributed by atoms with Crippen LogP contribution < -0.4 is 0 Å². The summed E-state index contributed by atoms with van der Waals surface area (Å²) in [6, 6.07) is 71.3. The van der Waals surface area contributed by atoms with Crippen LogP contribution in [-0.4, -0.2) is 15.0 Å². The van der Waals surface area contributed by atoms with Crippen molar-refractivity contribution in [3.8, 4) is 78.7 Å². The second-order valence-corrected chi connectivity index (χ2v) is 18.6. The van der Waals surface area contributed by atoms with Crippen molar-refractivity contribution in [2.75, 3.05) is 0 Å². The van der Waals surface area contributed by atoms with Crippen LogP contribution in [0.1, 0.15) is 25.0 Å². The number of fused-ring (bicyclic) bond motifs is 9. The molecule has 13 rings (SSSR count). The summed E-state index contributed by atoms with van der Waals surface area (Å²) < 4.78 is 8.97. The molecule has 5 heteroatoms. The molecule has 9 aromatic carbocycles. The highest BCUT2D eigenvalue weighted by Crippen LogP contribution is 2.50. The number of nitrogens with zero attached hydrogens (tertiary/aromatic N) is 3. The summed E-state index contributed by atoms with van der Waals surface area (Å²) in [7, 11) is 0. The second kappa shape index (κ2) is 14.5. The van der Waals surface area contributed by atoms with E-state index in [0.29, 0.717) is 17.5 Å². The van der Waals surface area contributed by atoms with Crippen molar-refractivity contribution in [1.82, 2.24) is 15.0 Å². The van der Waals surface area contributed by atoms with Gasteiger partial charge in [-0.05, 0) is 98.1 Å². The lowest BCUT2D eigenvalue weighted by molar-refractivity contribution is 0.660. The molecule has 65 heavy (non-hydrogen) atoms. The minimum atomic E-state index is -0.0470. The number of furan rings is 1. The maximum absolute atomic E-state index is 6.58. The average Bonchev–Trinajstić information content (AvgIpc) is 4.01. The van der Waals surface area contributed by atoms with E-state index in [1.165, 1.54) is 48.9 Å². The van der Waals surface area contributed by atoms with Gasteiger partial charge in [0, 0.05) is 53.1 Å². The van der Waals surface area contributed by atoms with Crippen molar-refractivity contribution >= 4 is 53.4 Å². The molecule has 1 aliphatic rings. The van der Waals surface area contributed by atoms with Gasteiger partial charge in [-0.25, -0.2) is 15.0 Å². The molecular weight excluding hydrogens is 811 g/mol. The van der Waals surface area contributed by atoms with Crippen molar-refractivity contribution in [3.63, 3.8) is 0 Å². The van der Waals surface area contributed by atoms with Crippen molar-refractivity contribution in [3.05, 3.63) is 211 Å². The molecule has 0 fully saturated rings. The lowest BCUT2D eigenvalue weighted by Gasteiger charge is -2.22. The molecule has 0 saturated carbocycles. The Balaban J connectivity index is 0.935. The third kappa shape index (κ3) is 6.07. The van der Waals surface area contributed by atoms with Gasteiger partial charge in [0.2, 0.25) is 0 Å². The Morgan fingerprint density at radius 3 is 1.80 bits per heavy atom. The second-order valence-electron chi connectivity index (χ2n) is 17.5. The van der Waals surface area contributed by atoms with Gasteiger partial charge in [0.1, 0.15) is 11.2 Å². The fourth-order valence-corrected chi connectivity index (χ4v) is 11.3. The molecule has 0 unspecified atom stereocenters. The maximum atomic E-state index is 6.58. The van der Waals surface area contributed by atoms with Gasteiger partial charge in [-0.1, -0.05) is 172 Å². The van der Waals surface area contributed by atoms with Crippen molar-refractivity contribution in [2.24, 2.45) is 0 Å². The Morgan fingerprint density at radius 2 is 0.938 bits per heavy atom. The van der Waals surface area contributed by atoms with Gasteiger partial charge in [-0.2, -0.15) is 0 Å². The third-order valence-corrected chi connectivity index (χ3v) is 14.6. The van der Waals surface area contributed by atoms with Gasteiger partial charge >= 0.3 is 0 Å². The fourth-order valence-electron chi connectivity index (χ4n) is 10.1. The zero-order valence-corrected chi connectivity index (χ0v) is 36.5. The van der Waals surface area contributed by atoms with E-state index in [0.717, 1.165) is 65.6 Å². The smallest absolute Gasteiger partial charge is 0.165 e. The van der Waals surface area contributed by atoms with Gasteiger partial charge in [0.15, 0.2) is 17.5 Å². The molecule has 0 radical (unpaired) electrons. The minimum Gasteiger partial charge on any atom is -0.456 e. The van der Waals surface area contributed by atoms with Gasteiger partial charge in [-0.3, -0.25) is 0 Å². The molecule has 0 bridgehead atoms. The van der Waals surface area contributed by atoms with Gasteiger partial charge in [0.05, 0.1) is 0 Å². The van der Waals surface area contributed by atoms with E-state index in [2.05, 4.69) is 196 Å². The number of rotatable bonds is 6. The van der Waals surface area contributed by atoms with E-state index < -0.39 is 0 Å². The largest absolute Gasteiger partial charge is 0.456 e. The molecule has 12 aromatic rings. The van der Waals surface area contributed by atoms with Crippen LogP contribution in [0.15, 0.2) is 205 Å². The first-order valence-electron chi connectivity index (χ1n) is 22.1. The highest BCUT2D eigenvalue weighted by Gasteiger charge is 2.35. The molecule has 0 saturated heterocycles. The zero-order chi connectivity index (χ0) is 43.2. The van der Waals surface area contributed by atoms with Crippen LogP contribution in [0, 0.1) is 0 Å². The van der Waals surface area contributed by atoms with E-state index >= 15 is 0 Å². The minimum absolute atomic E-state index is 0.0470. The Morgan fingerprint density at radius 1 is 0.369 bits per heavy atom. The van der Waals surface area contributed by atoms with E-state index in [4.69, 9.17) is 19.4 Å². The average molecular weight is 850 g/mol. The van der Waals surface area contributed by atoms with E-state index in [9.17, 15) is 0 Å². The first-order valence-corrected chi connectivity index (χ1v) is 22.9. The van der Waals surface area contributed by atoms with Crippen LogP contribution in [0.3, 0.4) is 0 Å². The number of hydrogen-bond donors (Lipinski definition) is 0. The molecule has 0 aliphatic heterocycles. The molecule has 3 aromatic heterocycles. The molecule has 0 spiro atoms. The van der Waals surface area contributed by atoms with Crippen molar-refractivity contribution in [2.45, 2.75) is 19.3 Å². The molecule has 306 valence electrons. The van der Waals surface area contributed by atoms with Crippen LogP contribution in [0.5, 0.6) is 0 Å². The monoisotopic (exact) mass is 849 g/mol. The molecule has 3 heterocycles. The Kier molecular flexibility index (Phi) is 8.39. The van der Waals surface area contributed by atoms with Crippen LogP contribution in [0.2, 0.25) is 0 Å². The summed E-state index contributed by atoms with van der Waals surface area (Å²) in [5.74, 6) is 1.84. The highest BCUT2D eigenvalue weighted by molar-refractivity contribution is 7.26. The summed E-state index contributed by atoms with van der Waals surface area (Å²) in [4.78, 5) is 15.9. The molecule has 0 N–H and O–H groups in total.